The number of unbranched alkanes of at least 4 members (excludes halogenated alkanes) is 1. The maximum absolute atomic E-state index is 12.7. The number of hydrogen-bond acceptors (Lipinski definition) is 5. The Balaban J connectivity index is 3.26. The Bertz CT molecular complexity index is 710. The van der Waals surface area contributed by atoms with Crippen molar-refractivity contribution in [1.29, 1.82) is 0 Å². The second kappa shape index (κ2) is 10.1. The number of aliphatic imine (C=N–C) groups is 1. The molecule has 0 saturated carbocycles. The van der Waals surface area contributed by atoms with Crippen LogP contribution < -0.4 is 11.2 Å². The van der Waals surface area contributed by atoms with Crippen molar-refractivity contribution in [2.45, 2.75) is 66.5 Å². The van der Waals surface area contributed by atoms with E-state index in [0.29, 0.717) is 36.7 Å². The van der Waals surface area contributed by atoms with Gasteiger partial charge in [-0.05, 0) is 45.3 Å². The van der Waals surface area contributed by atoms with Gasteiger partial charge in [-0.2, -0.15) is 0 Å². The van der Waals surface area contributed by atoms with Gasteiger partial charge in [0.2, 0.25) is 0 Å². The van der Waals surface area contributed by atoms with Crippen LogP contribution in [-0.2, 0) is 13.6 Å². The van der Waals surface area contributed by atoms with Crippen molar-refractivity contribution in [1.82, 2.24) is 9.13 Å². The minimum absolute atomic E-state index is 0.252. The third kappa shape index (κ3) is 5.58. The number of rotatable bonds is 8. The Morgan fingerprint density at radius 3 is 2.31 bits per heavy atom. The molecule has 26 heavy (non-hydrogen) atoms. The van der Waals surface area contributed by atoms with Crippen molar-refractivity contribution < 1.29 is 5.11 Å². The summed E-state index contributed by atoms with van der Waals surface area (Å²) in [6.07, 6.45) is 3.73. The zero-order valence-electron chi connectivity index (χ0n) is 17.1. The van der Waals surface area contributed by atoms with Crippen LogP contribution in [0.3, 0.4) is 0 Å². The Morgan fingerprint density at radius 2 is 1.81 bits per heavy atom. The molecular weight excluding hydrogens is 350 g/mol. The number of hydrogen-bond donors (Lipinski definition) is 1. The van der Waals surface area contributed by atoms with E-state index < -0.39 is 0 Å². The van der Waals surface area contributed by atoms with E-state index in [9.17, 15) is 14.7 Å². The van der Waals surface area contributed by atoms with E-state index in [0.717, 1.165) is 11.5 Å². The van der Waals surface area contributed by atoms with Crippen LogP contribution in [0.25, 0.3) is 0 Å². The first-order chi connectivity index (χ1) is 12.1. The highest BCUT2D eigenvalue weighted by atomic mass is 32.2. The molecule has 6 nitrogen and oxygen atoms in total. The zero-order valence-corrected chi connectivity index (χ0v) is 17.9. The average molecular weight is 384 g/mol. The Morgan fingerprint density at radius 1 is 1.19 bits per heavy atom. The van der Waals surface area contributed by atoms with E-state index in [-0.39, 0.29) is 23.3 Å². The van der Waals surface area contributed by atoms with Crippen molar-refractivity contribution in [3.63, 3.8) is 0 Å². The molecule has 0 fully saturated rings. The molecule has 0 radical (unpaired) electrons. The predicted molar refractivity (Wildman–Crippen MR) is 111 cm³/mol. The molecule has 0 aliphatic carbocycles. The molecule has 0 amide bonds. The van der Waals surface area contributed by atoms with Crippen molar-refractivity contribution in [2.24, 2.45) is 23.9 Å². The standard InChI is InChI=1S/C19H33N3O3S/c1-12(2)14(4)17(26-7)20-16-15(5)18(24)22(19(25)21(16)6)11-9-8-10-13(3)23/h12-14,23H,8-11H2,1-7H3/b20-17+. The molecule has 1 N–H and O–H groups in total. The molecule has 0 aromatic carbocycles. The Hall–Kier alpha value is -1.34. The Kier molecular flexibility index (Phi) is 8.83. The molecule has 1 rings (SSSR count). The minimum atomic E-state index is -0.360. The maximum atomic E-state index is 12.7. The van der Waals surface area contributed by atoms with Crippen molar-refractivity contribution >= 4 is 22.6 Å². The molecule has 0 bridgehead atoms. The molecule has 2 atom stereocenters. The number of thioether (sulfide) groups is 1. The lowest BCUT2D eigenvalue weighted by Crippen LogP contribution is -2.40. The van der Waals surface area contributed by atoms with Gasteiger partial charge in [-0.15, -0.1) is 11.8 Å². The molecule has 148 valence electrons. The molecule has 7 heteroatoms. The summed E-state index contributed by atoms with van der Waals surface area (Å²) in [5.41, 5.74) is -0.124. The van der Waals surface area contributed by atoms with E-state index in [4.69, 9.17) is 0 Å². The van der Waals surface area contributed by atoms with Gasteiger partial charge >= 0.3 is 5.69 Å². The average Bonchev–Trinajstić information content (AvgIpc) is 2.58. The zero-order chi connectivity index (χ0) is 20.0. The molecule has 0 aliphatic rings. The van der Waals surface area contributed by atoms with Gasteiger partial charge in [0.1, 0.15) is 5.82 Å². The summed E-state index contributed by atoms with van der Waals surface area (Å²) >= 11 is 1.56. The topological polar surface area (TPSA) is 76.6 Å². The van der Waals surface area contributed by atoms with E-state index in [1.54, 1.807) is 32.7 Å². The summed E-state index contributed by atoms with van der Waals surface area (Å²) in [5, 5.41) is 10.2. The van der Waals surface area contributed by atoms with E-state index in [1.807, 2.05) is 6.26 Å². The lowest BCUT2D eigenvalue weighted by Gasteiger charge is -2.18. The van der Waals surface area contributed by atoms with Crippen molar-refractivity contribution in [3.05, 3.63) is 26.4 Å². The molecule has 0 aliphatic heterocycles. The normalized spacial score (nSPS) is 14.7. The maximum Gasteiger partial charge on any atom is 0.332 e. The summed E-state index contributed by atoms with van der Waals surface area (Å²) in [7, 11) is 1.66. The van der Waals surface area contributed by atoms with Crippen molar-refractivity contribution in [2.75, 3.05) is 6.26 Å². The smallest absolute Gasteiger partial charge is 0.332 e. The van der Waals surface area contributed by atoms with Gasteiger partial charge in [-0.25, -0.2) is 9.79 Å². The summed E-state index contributed by atoms with van der Waals surface area (Å²) in [5.74, 6) is 1.12. The third-order valence-corrected chi connectivity index (χ3v) is 5.69. The number of aliphatic hydroxyl groups is 1. The SMILES string of the molecule is CS/C(=N/c1c(C)c(=O)n(CCCCC(C)O)c(=O)n1C)C(C)C(C)C. The quantitative estimate of drug-likeness (QED) is 0.425. The monoisotopic (exact) mass is 383 g/mol. The van der Waals surface area contributed by atoms with Crippen LogP contribution in [0.4, 0.5) is 5.82 Å². The first-order valence-electron chi connectivity index (χ1n) is 9.22. The minimum Gasteiger partial charge on any atom is -0.393 e. The van der Waals surface area contributed by atoms with Crippen LogP contribution >= 0.6 is 11.8 Å². The van der Waals surface area contributed by atoms with Crippen molar-refractivity contribution in [3.8, 4) is 0 Å². The van der Waals surface area contributed by atoms with Crippen LogP contribution in [0.1, 0.15) is 52.5 Å². The van der Waals surface area contributed by atoms with E-state index in [1.165, 1.54) is 9.13 Å². The molecule has 1 heterocycles. The van der Waals surface area contributed by atoms with E-state index >= 15 is 0 Å². The van der Waals surface area contributed by atoms with Crippen LogP contribution in [0.15, 0.2) is 14.6 Å². The van der Waals surface area contributed by atoms with Gasteiger partial charge in [0, 0.05) is 19.5 Å². The Labute approximate surface area is 160 Å². The number of nitrogens with zero attached hydrogens (tertiary/aromatic N) is 3. The number of aromatic nitrogens is 2. The summed E-state index contributed by atoms with van der Waals surface area (Å²) < 4.78 is 2.75. The van der Waals surface area contributed by atoms with Gasteiger partial charge in [0.05, 0.1) is 16.7 Å². The summed E-state index contributed by atoms with van der Waals surface area (Å²) in [6.45, 7) is 10.2. The van der Waals surface area contributed by atoms with Crippen LogP contribution in [0.2, 0.25) is 0 Å². The highest BCUT2D eigenvalue weighted by Crippen LogP contribution is 2.23. The fourth-order valence-electron chi connectivity index (χ4n) is 2.70. The van der Waals surface area contributed by atoms with Gasteiger partial charge in [0.25, 0.3) is 5.56 Å². The van der Waals surface area contributed by atoms with Gasteiger partial charge in [-0.1, -0.05) is 20.8 Å². The molecule has 0 spiro atoms. The lowest BCUT2D eigenvalue weighted by molar-refractivity contribution is 0.180. The first kappa shape index (κ1) is 22.7. The highest BCUT2D eigenvalue weighted by Gasteiger charge is 2.18. The molecular formula is C19H33N3O3S. The summed E-state index contributed by atoms with van der Waals surface area (Å²) in [6, 6.07) is 0. The molecule has 1 aromatic heterocycles. The lowest BCUT2D eigenvalue weighted by atomic mass is 9.99. The van der Waals surface area contributed by atoms with Crippen LogP contribution in [0.5, 0.6) is 0 Å². The summed E-state index contributed by atoms with van der Waals surface area (Å²) in [4.78, 5) is 30.0. The molecule has 1 aromatic rings. The van der Waals surface area contributed by atoms with Gasteiger partial charge in [-0.3, -0.25) is 13.9 Å². The highest BCUT2D eigenvalue weighted by molar-refractivity contribution is 8.13. The first-order valence-corrected chi connectivity index (χ1v) is 10.4. The largest absolute Gasteiger partial charge is 0.393 e. The van der Waals surface area contributed by atoms with Crippen LogP contribution in [0, 0.1) is 18.8 Å². The van der Waals surface area contributed by atoms with Crippen LogP contribution in [-0.4, -0.2) is 31.6 Å². The second-order valence-electron chi connectivity index (χ2n) is 7.28. The van der Waals surface area contributed by atoms with Gasteiger partial charge in [0.15, 0.2) is 0 Å². The van der Waals surface area contributed by atoms with E-state index in [2.05, 4.69) is 25.8 Å². The predicted octanol–water partition coefficient (Wildman–Crippen LogP) is 3.09. The molecule has 0 saturated heterocycles. The fourth-order valence-corrected chi connectivity index (χ4v) is 3.52. The number of aliphatic hydroxyl groups excluding tert-OH is 1. The fraction of sp³-hybridized carbons (Fsp3) is 0.737. The molecule has 2 unspecified atom stereocenters. The second-order valence-corrected chi connectivity index (χ2v) is 8.11. The third-order valence-electron chi connectivity index (χ3n) is 4.81. The van der Waals surface area contributed by atoms with Gasteiger partial charge < -0.3 is 5.11 Å².